The molecule has 2 atom stereocenters. The zero-order chi connectivity index (χ0) is 18.1. The molecule has 0 bridgehead atoms. The molecule has 1 aliphatic rings. The molecule has 2 aromatic carbocycles. The van der Waals surface area contributed by atoms with Crippen molar-refractivity contribution in [3.63, 3.8) is 0 Å². The summed E-state index contributed by atoms with van der Waals surface area (Å²) < 4.78 is 5.39. The highest BCUT2D eigenvalue weighted by atomic mass is 32.1. The quantitative estimate of drug-likeness (QED) is 0.742. The molecule has 4 rings (SSSR count). The Balaban J connectivity index is 1.78. The number of aromatic nitrogens is 1. The standard InChI is InChI=1S/C21H20N2O2S/c1-21(19(24)23-20-22-10-11-26-20)13-15-12-16(25-2)8-9-17(15)18(21)14-6-4-3-5-7-14/h3-12,18H,13H2,1-2H3,(H,22,23,24). The molecule has 0 radical (unpaired) electrons. The predicted octanol–water partition coefficient (Wildman–Crippen LogP) is 4.48. The van der Waals surface area contributed by atoms with Gasteiger partial charge in [-0.3, -0.25) is 4.79 Å². The van der Waals surface area contributed by atoms with Crippen LogP contribution in [0.4, 0.5) is 5.13 Å². The predicted molar refractivity (Wildman–Crippen MR) is 104 cm³/mol. The molecule has 1 N–H and O–H groups in total. The van der Waals surface area contributed by atoms with Crippen LogP contribution < -0.4 is 10.1 Å². The van der Waals surface area contributed by atoms with Crippen LogP contribution in [0, 0.1) is 5.41 Å². The van der Waals surface area contributed by atoms with Gasteiger partial charge in [-0.05, 0) is 42.2 Å². The summed E-state index contributed by atoms with van der Waals surface area (Å²) in [6.07, 6.45) is 2.36. The number of hydrogen-bond donors (Lipinski definition) is 1. The SMILES string of the molecule is COc1ccc2c(c1)CC(C)(C(=O)Nc1nccs1)C2c1ccccc1. The zero-order valence-corrected chi connectivity index (χ0v) is 15.5. The summed E-state index contributed by atoms with van der Waals surface area (Å²) in [5.41, 5.74) is 2.90. The van der Waals surface area contributed by atoms with E-state index in [4.69, 9.17) is 4.74 Å². The second-order valence-electron chi connectivity index (χ2n) is 6.79. The fourth-order valence-corrected chi connectivity index (χ4v) is 4.44. The Kier molecular flexibility index (Phi) is 4.24. The number of anilines is 1. The first kappa shape index (κ1) is 16.8. The average Bonchev–Trinajstić information content (AvgIpc) is 3.27. The minimum atomic E-state index is -0.596. The maximum atomic E-state index is 13.3. The Labute approximate surface area is 156 Å². The molecule has 5 heteroatoms. The van der Waals surface area contributed by atoms with Gasteiger partial charge in [-0.25, -0.2) is 4.98 Å². The van der Waals surface area contributed by atoms with Crippen molar-refractivity contribution in [2.75, 3.05) is 12.4 Å². The lowest BCUT2D eigenvalue weighted by Gasteiger charge is -2.30. The van der Waals surface area contributed by atoms with Crippen LogP contribution in [-0.4, -0.2) is 18.0 Å². The molecular formula is C21H20N2O2S. The van der Waals surface area contributed by atoms with Crippen molar-refractivity contribution in [1.29, 1.82) is 0 Å². The Morgan fingerprint density at radius 2 is 2.08 bits per heavy atom. The van der Waals surface area contributed by atoms with Crippen LogP contribution in [0.15, 0.2) is 60.1 Å². The summed E-state index contributed by atoms with van der Waals surface area (Å²) in [4.78, 5) is 17.5. The van der Waals surface area contributed by atoms with E-state index in [9.17, 15) is 4.79 Å². The van der Waals surface area contributed by atoms with Crippen molar-refractivity contribution in [2.24, 2.45) is 5.41 Å². The number of amides is 1. The molecule has 0 spiro atoms. The van der Waals surface area contributed by atoms with Gasteiger partial charge in [0.15, 0.2) is 5.13 Å². The molecule has 0 fully saturated rings. The van der Waals surface area contributed by atoms with Crippen molar-refractivity contribution < 1.29 is 9.53 Å². The van der Waals surface area contributed by atoms with Gasteiger partial charge in [0.1, 0.15) is 5.75 Å². The first-order valence-corrected chi connectivity index (χ1v) is 9.42. The lowest BCUT2D eigenvalue weighted by molar-refractivity contribution is -0.125. The summed E-state index contributed by atoms with van der Waals surface area (Å²) in [5, 5.41) is 5.50. The summed E-state index contributed by atoms with van der Waals surface area (Å²) in [6, 6.07) is 16.4. The number of fused-ring (bicyclic) bond motifs is 1. The molecule has 1 amide bonds. The molecule has 1 heterocycles. The maximum Gasteiger partial charge on any atom is 0.233 e. The lowest BCUT2D eigenvalue weighted by atomic mass is 9.73. The lowest BCUT2D eigenvalue weighted by Crippen LogP contribution is -2.37. The van der Waals surface area contributed by atoms with Crippen LogP contribution in [0.25, 0.3) is 0 Å². The molecule has 0 aliphatic heterocycles. The average molecular weight is 364 g/mol. The van der Waals surface area contributed by atoms with Gasteiger partial charge in [0.25, 0.3) is 0 Å². The molecule has 1 aromatic heterocycles. The Morgan fingerprint density at radius 3 is 2.77 bits per heavy atom. The third-order valence-electron chi connectivity index (χ3n) is 5.16. The fourth-order valence-electron chi connectivity index (χ4n) is 3.91. The van der Waals surface area contributed by atoms with Crippen LogP contribution in [-0.2, 0) is 11.2 Å². The van der Waals surface area contributed by atoms with Crippen molar-refractivity contribution >= 4 is 22.4 Å². The molecular weight excluding hydrogens is 344 g/mol. The highest BCUT2D eigenvalue weighted by Crippen LogP contribution is 2.51. The van der Waals surface area contributed by atoms with E-state index in [0.717, 1.165) is 16.9 Å². The zero-order valence-electron chi connectivity index (χ0n) is 14.7. The summed E-state index contributed by atoms with van der Waals surface area (Å²) in [7, 11) is 1.67. The fraction of sp³-hybridized carbons (Fsp3) is 0.238. The molecule has 132 valence electrons. The number of methoxy groups -OCH3 is 1. The van der Waals surface area contributed by atoms with E-state index < -0.39 is 5.41 Å². The van der Waals surface area contributed by atoms with Crippen molar-refractivity contribution in [3.8, 4) is 5.75 Å². The van der Waals surface area contributed by atoms with E-state index in [1.807, 2.05) is 42.6 Å². The number of carbonyl (C=O) groups excluding carboxylic acids is 1. The van der Waals surface area contributed by atoms with Crippen LogP contribution in [0.1, 0.15) is 29.5 Å². The van der Waals surface area contributed by atoms with Gasteiger partial charge in [0.2, 0.25) is 5.91 Å². The third-order valence-corrected chi connectivity index (χ3v) is 5.85. The number of carbonyl (C=O) groups is 1. The number of rotatable bonds is 4. The number of thiazole rings is 1. The van der Waals surface area contributed by atoms with E-state index in [1.165, 1.54) is 16.9 Å². The van der Waals surface area contributed by atoms with E-state index in [-0.39, 0.29) is 11.8 Å². The Bertz CT molecular complexity index is 924. The Morgan fingerprint density at radius 1 is 1.27 bits per heavy atom. The highest BCUT2D eigenvalue weighted by molar-refractivity contribution is 7.13. The van der Waals surface area contributed by atoms with Gasteiger partial charge in [-0.1, -0.05) is 36.4 Å². The second-order valence-corrected chi connectivity index (χ2v) is 7.69. The summed E-state index contributed by atoms with van der Waals surface area (Å²) in [6.45, 7) is 2.04. The number of hydrogen-bond acceptors (Lipinski definition) is 4. The van der Waals surface area contributed by atoms with Gasteiger partial charge in [0.05, 0.1) is 12.5 Å². The van der Waals surface area contributed by atoms with Crippen LogP contribution >= 0.6 is 11.3 Å². The normalized spacial score (nSPS) is 21.2. The molecule has 1 aliphatic carbocycles. The number of nitrogens with zero attached hydrogens (tertiary/aromatic N) is 1. The van der Waals surface area contributed by atoms with Gasteiger partial charge >= 0.3 is 0 Å². The minimum absolute atomic E-state index is 0.00327. The van der Waals surface area contributed by atoms with Gasteiger partial charge in [0, 0.05) is 17.5 Å². The highest BCUT2D eigenvalue weighted by Gasteiger charge is 2.49. The number of ether oxygens (including phenoxy) is 1. The topological polar surface area (TPSA) is 51.2 Å². The molecule has 4 nitrogen and oxygen atoms in total. The summed E-state index contributed by atoms with van der Waals surface area (Å²) >= 11 is 1.43. The maximum absolute atomic E-state index is 13.3. The Hall–Kier alpha value is -2.66. The third kappa shape index (κ3) is 2.78. The van der Waals surface area contributed by atoms with Gasteiger partial charge in [-0.15, -0.1) is 11.3 Å². The molecule has 0 saturated heterocycles. The van der Waals surface area contributed by atoms with E-state index >= 15 is 0 Å². The van der Waals surface area contributed by atoms with E-state index in [1.54, 1.807) is 13.3 Å². The monoisotopic (exact) mass is 364 g/mol. The largest absolute Gasteiger partial charge is 0.497 e. The van der Waals surface area contributed by atoms with Crippen molar-refractivity contribution in [1.82, 2.24) is 4.98 Å². The first-order chi connectivity index (χ1) is 12.6. The van der Waals surface area contributed by atoms with E-state index in [2.05, 4.69) is 28.5 Å². The molecule has 3 aromatic rings. The minimum Gasteiger partial charge on any atom is -0.497 e. The van der Waals surface area contributed by atoms with Crippen molar-refractivity contribution in [2.45, 2.75) is 19.3 Å². The second kappa shape index (κ2) is 6.57. The van der Waals surface area contributed by atoms with Gasteiger partial charge in [-0.2, -0.15) is 0 Å². The summed E-state index contributed by atoms with van der Waals surface area (Å²) in [5.74, 6) is 0.807. The first-order valence-electron chi connectivity index (χ1n) is 8.54. The van der Waals surface area contributed by atoms with Crippen LogP contribution in [0.2, 0.25) is 0 Å². The van der Waals surface area contributed by atoms with Gasteiger partial charge < -0.3 is 10.1 Å². The van der Waals surface area contributed by atoms with E-state index in [0.29, 0.717) is 11.6 Å². The smallest absolute Gasteiger partial charge is 0.233 e. The molecule has 2 unspecified atom stereocenters. The number of nitrogens with one attached hydrogen (secondary N) is 1. The molecule has 26 heavy (non-hydrogen) atoms. The number of benzene rings is 2. The van der Waals surface area contributed by atoms with Crippen LogP contribution in [0.3, 0.4) is 0 Å². The van der Waals surface area contributed by atoms with Crippen LogP contribution in [0.5, 0.6) is 5.75 Å². The molecule has 0 saturated carbocycles. The van der Waals surface area contributed by atoms with Crippen molar-refractivity contribution in [3.05, 3.63) is 76.8 Å².